The van der Waals surface area contributed by atoms with Crippen molar-refractivity contribution in [3.05, 3.63) is 35.9 Å². The Morgan fingerprint density at radius 2 is 1.58 bits per heavy atom. The maximum Gasteiger partial charge on any atom is 0.341 e. The van der Waals surface area contributed by atoms with E-state index in [1.807, 2.05) is 18.2 Å². The van der Waals surface area contributed by atoms with Gasteiger partial charge in [0.15, 0.2) is 0 Å². The molecule has 0 amide bonds. The normalized spacial score (nSPS) is 33.8. The highest BCUT2D eigenvalue weighted by Gasteiger charge is 2.75. The zero-order valence-electron chi connectivity index (χ0n) is 11.5. The van der Waals surface area contributed by atoms with E-state index in [9.17, 15) is 4.57 Å². The molecule has 19 heavy (non-hydrogen) atoms. The van der Waals surface area contributed by atoms with Crippen LogP contribution in [0.5, 0.6) is 0 Å². The van der Waals surface area contributed by atoms with Gasteiger partial charge in [-0.25, -0.2) is 0 Å². The highest BCUT2D eigenvalue weighted by atomic mass is 31.2. The summed E-state index contributed by atoms with van der Waals surface area (Å²) in [6, 6.07) is 10.2. The van der Waals surface area contributed by atoms with Gasteiger partial charge in [0.05, 0.1) is 0 Å². The predicted molar refractivity (Wildman–Crippen MR) is 75.2 cm³/mol. The van der Waals surface area contributed by atoms with Gasteiger partial charge >= 0.3 is 7.60 Å². The Kier molecular flexibility index (Phi) is 3.33. The minimum absolute atomic E-state index is 0.395. The Labute approximate surface area is 114 Å². The molecule has 0 bridgehead atoms. The number of rotatable bonds is 4. The van der Waals surface area contributed by atoms with Crippen LogP contribution in [-0.2, 0) is 18.8 Å². The van der Waals surface area contributed by atoms with Gasteiger partial charge in [-0.15, -0.1) is 0 Å². The molecule has 2 aliphatic carbocycles. The van der Waals surface area contributed by atoms with Gasteiger partial charge in [-0.2, -0.15) is 0 Å². The van der Waals surface area contributed by atoms with Gasteiger partial charge in [-0.1, -0.05) is 43.2 Å². The van der Waals surface area contributed by atoms with Crippen LogP contribution in [0, 0.1) is 11.8 Å². The molecule has 104 valence electrons. The fraction of sp³-hybridized carbons (Fsp3) is 0.600. The third kappa shape index (κ3) is 1.68. The van der Waals surface area contributed by atoms with E-state index in [2.05, 4.69) is 12.1 Å². The molecule has 0 saturated heterocycles. The molecule has 2 unspecified atom stereocenters. The summed E-state index contributed by atoms with van der Waals surface area (Å²) in [6.07, 6.45) is 4.72. The van der Waals surface area contributed by atoms with Crippen LogP contribution in [0.15, 0.2) is 30.3 Å². The average molecular weight is 280 g/mol. The summed E-state index contributed by atoms with van der Waals surface area (Å²) in [6.45, 7) is 0. The number of hydrogen-bond acceptors (Lipinski definition) is 3. The summed E-state index contributed by atoms with van der Waals surface area (Å²) >= 11 is 0. The van der Waals surface area contributed by atoms with Crippen LogP contribution >= 0.6 is 7.60 Å². The van der Waals surface area contributed by atoms with Gasteiger partial charge < -0.3 is 9.05 Å². The summed E-state index contributed by atoms with van der Waals surface area (Å²) in [5.74, 6) is 0.906. The van der Waals surface area contributed by atoms with Gasteiger partial charge in [0.1, 0.15) is 5.16 Å². The van der Waals surface area contributed by atoms with Crippen molar-refractivity contribution in [2.75, 3.05) is 14.2 Å². The van der Waals surface area contributed by atoms with E-state index in [1.54, 1.807) is 0 Å². The van der Waals surface area contributed by atoms with Crippen LogP contribution in [0.2, 0.25) is 0 Å². The zero-order valence-corrected chi connectivity index (χ0v) is 12.4. The molecule has 2 saturated carbocycles. The van der Waals surface area contributed by atoms with Crippen molar-refractivity contribution in [3.8, 4) is 0 Å². The fourth-order valence-corrected chi connectivity index (χ4v) is 6.74. The summed E-state index contributed by atoms with van der Waals surface area (Å²) in [7, 11) is -0.0738. The lowest BCUT2D eigenvalue weighted by atomic mass is 10.0. The molecule has 0 radical (unpaired) electrons. The number of hydrogen-bond donors (Lipinski definition) is 0. The maximum atomic E-state index is 13.2. The first-order chi connectivity index (χ1) is 9.20. The van der Waals surface area contributed by atoms with Crippen molar-refractivity contribution in [1.29, 1.82) is 0 Å². The Morgan fingerprint density at radius 1 is 1.05 bits per heavy atom. The minimum Gasteiger partial charge on any atom is -0.311 e. The summed E-state index contributed by atoms with van der Waals surface area (Å²) in [4.78, 5) is 0. The molecule has 1 aromatic carbocycles. The van der Waals surface area contributed by atoms with Crippen LogP contribution in [0.1, 0.15) is 31.2 Å². The van der Waals surface area contributed by atoms with Crippen molar-refractivity contribution in [1.82, 2.24) is 0 Å². The summed E-state index contributed by atoms with van der Waals surface area (Å²) in [5, 5.41) is -0.395. The Balaban J connectivity index is 2.11. The topological polar surface area (TPSA) is 35.5 Å². The molecule has 0 spiro atoms. The second-order valence-electron chi connectivity index (χ2n) is 5.55. The zero-order chi connectivity index (χ0) is 13.5. The molecular formula is C15H21O3P. The molecule has 1 aromatic rings. The van der Waals surface area contributed by atoms with E-state index < -0.39 is 12.8 Å². The first-order valence-electron chi connectivity index (χ1n) is 6.98. The fourth-order valence-electron chi connectivity index (χ4n) is 4.17. The predicted octanol–water partition coefficient (Wildman–Crippen LogP) is 4.19. The molecule has 0 aromatic heterocycles. The van der Waals surface area contributed by atoms with Crippen molar-refractivity contribution in [2.45, 2.75) is 30.8 Å². The van der Waals surface area contributed by atoms with Crippen LogP contribution in [-0.4, -0.2) is 14.2 Å². The molecular weight excluding hydrogens is 259 g/mol. The van der Waals surface area contributed by atoms with Gasteiger partial charge in [0.2, 0.25) is 0 Å². The number of benzene rings is 1. The van der Waals surface area contributed by atoms with Crippen molar-refractivity contribution >= 4 is 7.60 Å². The van der Waals surface area contributed by atoms with E-state index in [0.717, 1.165) is 18.4 Å². The minimum atomic E-state index is -3.10. The van der Waals surface area contributed by atoms with Crippen LogP contribution in [0.25, 0.3) is 0 Å². The highest BCUT2D eigenvalue weighted by molar-refractivity contribution is 7.55. The third-order valence-corrected chi connectivity index (χ3v) is 7.75. The van der Waals surface area contributed by atoms with Crippen LogP contribution in [0.3, 0.4) is 0 Å². The van der Waals surface area contributed by atoms with Gasteiger partial charge in [-0.3, -0.25) is 4.57 Å². The van der Waals surface area contributed by atoms with Crippen LogP contribution in [0.4, 0.5) is 0 Å². The SMILES string of the molecule is COP(=O)(OC)C1(c2ccccc2)C2CCCCC21. The number of fused-ring (bicyclic) bond motifs is 1. The van der Waals surface area contributed by atoms with E-state index in [1.165, 1.54) is 27.1 Å². The molecule has 2 aliphatic rings. The van der Waals surface area contributed by atoms with Crippen molar-refractivity contribution in [2.24, 2.45) is 11.8 Å². The molecule has 0 aliphatic heterocycles. The van der Waals surface area contributed by atoms with Crippen molar-refractivity contribution in [3.63, 3.8) is 0 Å². The molecule has 2 atom stereocenters. The third-order valence-electron chi connectivity index (χ3n) is 4.96. The van der Waals surface area contributed by atoms with E-state index in [4.69, 9.17) is 9.05 Å². The lowest BCUT2D eigenvalue weighted by Gasteiger charge is -2.26. The van der Waals surface area contributed by atoms with Gasteiger partial charge in [-0.05, 0) is 30.2 Å². The Morgan fingerprint density at radius 3 is 2.05 bits per heavy atom. The molecule has 3 rings (SSSR count). The van der Waals surface area contributed by atoms with E-state index in [-0.39, 0.29) is 0 Å². The average Bonchev–Trinajstić information content (AvgIpc) is 3.18. The summed E-state index contributed by atoms with van der Waals surface area (Å²) < 4.78 is 23.9. The lowest BCUT2D eigenvalue weighted by Crippen LogP contribution is -2.15. The van der Waals surface area contributed by atoms with Crippen LogP contribution < -0.4 is 0 Å². The molecule has 4 heteroatoms. The van der Waals surface area contributed by atoms with Crippen molar-refractivity contribution < 1.29 is 13.6 Å². The Bertz CT molecular complexity index is 479. The van der Waals surface area contributed by atoms with Gasteiger partial charge in [0.25, 0.3) is 0 Å². The second-order valence-corrected chi connectivity index (χ2v) is 8.02. The Hall–Kier alpha value is -0.630. The second kappa shape index (κ2) is 4.73. The standard InChI is InChI=1S/C15H21O3P/c1-17-19(16,18-2)15(12-8-4-3-5-9-12)13-10-6-7-11-14(13)15/h3-5,8-9,13-14H,6-7,10-11H2,1-2H3. The maximum absolute atomic E-state index is 13.2. The quantitative estimate of drug-likeness (QED) is 0.776. The lowest BCUT2D eigenvalue weighted by molar-refractivity contribution is 0.258. The molecule has 0 N–H and O–H groups in total. The van der Waals surface area contributed by atoms with Gasteiger partial charge in [0, 0.05) is 14.2 Å². The molecule has 3 nitrogen and oxygen atoms in total. The first-order valence-corrected chi connectivity index (χ1v) is 8.52. The monoisotopic (exact) mass is 280 g/mol. The summed E-state index contributed by atoms with van der Waals surface area (Å²) in [5.41, 5.74) is 1.12. The smallest absolute Gasteiger partial charge is 0.311 e. The highest BCUT2D eigenvalue weighted by Crippen LogP contribution is 2.84. The largest absolute Gasteiger partial charge is 0.341 e. The first kappa shape index (κ1) is 13.4. The van der Waals surface area contributed by atoms with E-state index in [0.29, 0.717) is 11.8 Å². The molecule has 2 fully saturated rings. The molecule has 0 heterocycles. The van der Waals surface area contributed by atoms with E-state index >= 15 is 0 Å².